The van der Waals surface area contributed by atoms with E-state index in [0.29, 0.717) is 6.42 Å². The van der Waals surface area contributed by atoms with Crippen LogP contribution in [0.15, 0.2) is 22.1 Å². The highest BCUT2D eigenvalue weighted by molar-refractivity contribution is 6.37. The van der Waals surface area contributed by atoms with Crippen molar-refractivity contribution in [3.63, 3.8) is 0 Å². The molecule has 0 spiro atoms. The molecule has 0 amide bonds. The molecule has 0 aliphatic heterocycles. The zero-order chi connectivity index (χ0) is 20.9. The molecule has 0 bridgehead atoms. The van der Waals surface area contributed by atoms with Gasteiger partial charge in [0.2, 0.25) is 0 Å². The summed E-state index contributed by atoms with van der Waals surface area (Å²) in [7, 11) is 0. The predicted molar refractivity (Wildman–Crippen MR) is 101 cm³/mol. The minimum absolute atomic E-state index is 0.0765. The Morgan fingerprint density at radius 2 is 1.85 bits per heavy atom. The maximum atomic E-state index is 12.0. The van der Waals surface area contributed by atoms with Crippen LogP contribution in [0.5, 0.6) is 0 Å². The number of carbonyl (C=O) groups is 2. The summed E-state index contributed by atoms with van der Waals surface area (Å²) in [5.41, 5.74) is -0.787. The summed E-state index contributed by atoms with van der Waals surface area (Å²) in [6.45, 7) is 7.90. The number of aliphatic hydroxyl groups excluding tert-OH is 2. The molecule has 3 atom stereocenters. The number of aliphatic imine (C=N–C) groups is 1. The fraction of sp³-hybridized carbons (Fsp3) is 0.579. The van der Waals surface area contributed by atoms with Crippen LogP contribution in [0.1, 0.15) is 63.3 Å². The molecule has 0 radical (unpaired) electrons. The number of Topliss-reactive ketones (excluding diaryl/α,β-unsaturated/α-hetero) is 1. The van der Waals surface area contributed by atoms with Crippen LogP contribution >= 0.6 is 0 Å². The molecule has 3 N–H and O–H groups in total. The van der Waals surface area contributed by atoms with Crippen LogP contribution in [-0.4, -0.2) is 43.5 Å². The highest BCUT2D eigenvalue weighted by Gasteiger charge is 2.28. The molecular weight excluding hydrogens is 352 g/mol. The van der Waals surface area contributed by atoms with Gasteiger partial charge in [-0.3, -0.25) is 14.6 Å². The maximum absolute atomic E-state index is 12.0. The molecule has 0 aliphatic rings. The fourth-order valence-corrected chi connectivity index (χ4v) is 2.65. The molecule has 1 aromatic rings. The molecule has 8 nitrogen and oxygen atoms in total. The highest BCUT2D eigenvalue weighted by Crippen LogP contribution is 2.23. The monoisotopic (exact) mass is 380 g/mol. The molecule has 1 heterocycles. The Labute approximate surface area is 158 Å². The second kappa shape index (κ2) is 9.57. The molecular formula is C19H28N2O6. The van der Waals surface area contributed by atoms with Crippen LogP contribution in [-0.2, 0) is 11.4 Å². The zero-order valence-corrected chi connectivity index (χ0v) is 16.3. The third-order valence-corrected chi connectivity index (χ3v) is 4.54. The molecule has 27 heavy (non-hydrogen) atoms. The van der Waals surface area contributed by atoms with Crippen molar-refractivity contribution >= 4 is 17.5 Å². The number of aromatic nitrogens is 1. The van der Waals surface area contributed by atoms with E-state index in [1.807, 2.05) is 6.92 Å². The first-order valence-electron chi connectivity index (χ1n) is 8.90. The van der Waals surface area contributed by atoms with Gasteiger partial charge in [-0.15, -0.1) is 0 Å². The van der Waals surface area contributed by atoms with Crippen molar-refractivity contribution in [3.8, 4) is 0 Å². The van der Waals surface area contributed by atoms with Gasteiger partial charge in [-0.2, -0.15) is 0 Å². The maximum Gasteiger partial charge on any atom is 0.352 e. The summed E-state index contributed by atoms with van der Waals surface area (Å²) in [5.74, 6) is -2.34. The van der Waals surface area contributed by atoms with Gasteiger partial charge in [-0.25, -0.2) is 4.79 Å². The lowest BCUT2D eigenvalue weighted by Crippen LogP contribution is -2.35. The third kappa shape index (κ3) is 5.33. The van der Waals surface area contributed by atoms with E-state index in [-0.39, 0.29) is 23.1 Å². The summed E-state index contributed by atoms with van der Waals surface area (Å²) < 4.78 is 1.43. The number of aliphatic hydroxyl groups is 2. The summed E-state index contributed by atoms with van der Waals surface area (Å²) in [5, 5.41) is 29.5. The zero-order valence-electron chi connectivity index (χ0n) is 16.3. The van der Waals surface area contributed by atoms with Gasteiger partial charge in [-0.1, -0.05) is 34.1 Å². The van der Waals surface area contributed by atoms with E-state index in [9.17, 15) is 29.7 Å². The number of rotatable bonds is 9. The minimum Gasteiger partial charge on any atom is -0.477 e. The van der Waals surface area contributed by atoms with Crippen LogP contribution in [0.4, 0.5) is 0 Å². The predicted octanol–water partition coefficient (Wildman–Crippen LogP) is 1.63. The van der Waals surface area contributed by atoms with Gasteiger partial charge in [-0.05, 0) is 18.8 Å². The SMILES string of the molecule is CCC(C)[C@H](O)C(=N[C@H](C(C)C)n1cc(C(C)=O)c(=O)cc1CO)C(=O)O. The number of hydrogen-bond donors (Lipinski definition) is 3. The number of carboxylic acids is 1. The molecule has 0 saturated heterocycles. The van der Waals surface area contributed by atoms with E-state index < -0.39 is 41.8 Å². The van der Waals surface area contributed by atoms with E-state index in [2.05, 4.69) is 4.99 Å². The Kier molecular flexibility index (Phi) is 8.05. The smallest absolute Gasteiger partial charge is 0.352 e. The fourth-order valence-electron chi connectivity index (χ4n) is 2.65. The lowest BCUT2D eigenvalue weighted by atomic mass is 9.97. The first kappa shape index (κ1) is 22.7. The summed E-state index contributed by atoms with van der Waals surface area (Å²) in [4.78, 5) is 39.7. The average molecular weight is 380 g/mol. The van der Waals surface area contributed by atoms with Gasteiger partial charge < -0.3 is 19.9 Å². The molecule has 1 rings (SSSR count). The first-order chi connectivity index (χ1) is 12.5. The van der Waals surface area contributed by atoms with Crippen molar-refractivity contribution in [2.75, 3.05) is 0 Å². The van der Waals surface area contributed by atoms with E-state index >= 15 is 0 Å². The Hall–Kier alpha value is -2.32. The average Bonchev–Trinajstić information content (AvgIpc) is 2.60. The van der Waals surface area contributed by atoms with E-state index in [1.165, 1.54) is 17.7 Å². The van der Waals surface area contributed by atoms with E-state index in [4.69, 9.17) is 0 Å². The van der Waals surface area contributed by atoms with Gasteiger partial charge >= 0.3 is 5.97 Å². The molecule has 150 valence electrons. The number of aliphatic carboxylic acids is 1. The number of hydrogen-bond acceptors (Lipinski definition) is 6. The standard InChI is InChI=1S/C19H28N2O6/c1-6-11(4)17(25)16(19(26)27)20-18(10(2)3)21-8-14(12(5)23)15(24)7-13(21)9-22/h7-8,10-11,17-18,22,25H,6,9H2,1-5H3,(H,26,27)/t11?,17-,18-/m0/s1. The van der Waals surface area contributed by atoms with E-state index in [0.717, 1.165) is 6.07 Å². The molecule has 1 unspecified atom stereocenters. The number of ketones is 1. The molecule has 8 heteroatoms. The normalized spacial score (nSPS) is 15.5. The van der Waals surface area contributed by atoms with Gasteiger partial charge in [0.15, 0.2) is 16.9 Å². The van der Waals surface area contributed by atoms with E-state index in [1.54, 1.807) is 20.8 Å². The summed E-state index contributed by atoms with van der Waals surface area (Å²) >= 11 is 0. The molecule has 0 aromatic carbocycles. The van der Waals surface area contributed by atoms with Crippen molar-refractivity contribution in [1.29, 1.82) is 0 Å². The number of carbonyl (C=O) groups excluding carboxylic acids is 1. The Morgan fingerprint density at radius 3 is 2.26 bits per heavy atom. The largest absolute Gasteiger partial charge is 0.477 e. The molecule has 0 saturated carbocycles. The molecule has 0 aliphatic carbocycles. The van der Waals surface area contributed by atoms with Crippen molar-refractivity contribution in [3.05, 3.63) is 33.7 Å². The van der Waals surface area contributed by atoms with Crippen molar-refractivity contribution in [2.24, 2.45) is 16.8 Å². The third-order valence-electron chi connectivity index (χ3n) is 4.54. The highest BCUT2D eigenvalue weighted by atomic mass is 16.4. The number of pyridine rings is 1. The Bertz CT molecular complexity index is 781. The van der Waals surface area contributed by atoms with Crippen LogP contribution in [0.2, 0.25) is 0 Å². The topological polar surface area (TPSA) is 129 Å². The quantitative estimate of drug-likeness (QED) is 0.441. The van der Waals surface area contributed by atoms with Crippen molar-refractivity contribution in [1.82, 2.24) is 4.57 Å². The Balaban J connectivity index is 3.65. The van der Waals surface area contributed by atoms with Crippen molar-refractivity contribution in [2.45, 2.75) is 59.9 Å². The summed E-state index contributed by atoms with van der Waals surface area (Å²) in [6.07, 6.45) is -0.234. The Morgan fingerprint density at radius 1 is 1.26 bits per heavy atom. The second-order valence-corrected chi connectivity index (χ2v) is 6.97. The number of carboxylic acid groups (broad SMARTS) is 1. The lowest BCUT2D eigenvalue weighted by molar-refractivity contribution is -0.130. The number of nitrogens with zero attached hydrogens (tertiary/aromatic N) is 2. The first-order valence-corrected chi connectivity index (χ1v) is 8.90. The van der Waals surface area contributed by atoms with Gasteiger partial charge in [0.25, 0.3) is 0 Å². The van der Waals surface area contributed by atoms with Crippen LogP contribution < -0.4 is 5.43 Å². The van der Waals surface area contributed by atoms with Crippen molar-refractivity contribution < 1.29 is 24.9 Å². The summed E-state index contributed by atoms with van der Waals surface area (Å²) in [6, 6.07) is 1.15. The molecule has 1 aromatic heterocycles. The van der Waals surface area contributed by atoms with Gasteiger partial charge in [0, 0.05) is 18.0 Å². The van der Waals surface area contributed by atoms with Gasteiger partial charge in [0.05, 0.1) is 12.2 Å². The lowest BCUT2D eigenvalue weighted by Gasteiger charge is -2.26. The van der Waals surface area contributed by atoms with Crippen LogP contribution in [0.25, 0.3) is 0 Å². The van der Waals surface area contributed by atoms with Crippen LogP contribution in [0, 0.1) is 11.8 Å². The second-order valence-electron chi connectivity index (χ2n) is 6.97. The van der Waals surface area contributed by atoms with Crippen LogP contribution in [0.3, 0.4) is 0 Å². The molecule has 0 fully saturated rings. The minimum atomic E-state index is -1.34. The van der Waals surface area contributed by atoms with Gasteiger partial charge in [0.1, 0.15) is 12.3 Å².